The van der Waals surface area contributed by atoms with Gasteiger partial charge in [-0.25, -0.2) is 0 Å². The molecule has 1 saturated heterocycles. The minimum Gasteiger partial charge on any atom is -0.493 e. The monoisotopic (exact) mass is 437 g/mol. The third-order valence-corrected chi connectivity index (χ3v) is 8.05. The van der Waals surface area contributed by atoms with Crippen LogP contribution in [0.1, 0.15) is 58.6 Å². The van der Waals surface area contributed by atoms with Gasteiger partial charge in [0, 0.05) is 18.6 Å². The molecule has 7 heteroatoms. The smallest absolute Gasteiger partial charge is 0.387 e. The number of nitrogens with one attached hydrogen (secondary N) is 1. The summed E-state index contributed by atoms with van der Waals surface area (Å²) < 4.78 is 41.6. The van der Waals surface area contributed by atoms with E-state index in [2.05, 4.69) is 23.9 Å². The number of rotatable bonds is 6. The predicted molar refractivity (Wildman–Crippen MR) is 112 cm³/mol. The van der Waals surface area contributed by atoms with Crippen LogP contribution in [0.4, 0.5) is 8.78 Å². The molecular formula is C24H33F2NO4. The maximum Gasteiger partial charge on any atom is 0.387 e. The van der Waals surface area contributed by atoms with Crippen LogP contribution in [0.15, 0.2) is 18.2 Å². The molecule has 1 aromatic rings. The number of alkyl halides is 2. The molecule has 1 N–H and O–H groups in total. The zero-order chi connectivity index (χ0) is 22.6. The van der Waals surface area contributed by atoms with Crippen molar-refractivity contribution in [1.82, 2.24) is 5.32 Å². The fourth-order valence-electron chi connectivity index (χ4n) is 6.48. The third-order valence-electron chi connectivity index (χ3n) is 8.05. The van der Waals surface area contributed by atoms with Crippen LogP contribution in [0.5, 0.6) is 11.5 Å². The second kappa shape index (κ2) is 7.91. The minimum absolute atomic E-state index is 0.0166. The Bertz CT molecular complexity index is 843. The Hall–Kier alpha value is -1.89. The highest BCUT2D eigenvalue weighted by atomic mass is 19.3. The van der Waals surface area contributed by atoms with E-state index >= 15 is 0 Å². The number of fused-ring (bicyclic) bond motifs is 1. The van der Waals surface area contributed by atoms with Crippen LogP contribution < -0.4 is 14.8 Å². The maximum absolute atomic E-state index is 12.7. The Morgan fingerprint density at radius 1 is 1.26 bits per heavy atom. The number of carbonyl (C=O) groups is 1. The molecule has 2 bridgehead atoms. The Morgan fingerprint density at radius 3 is 2.65 bits per heavy atom. The highest BCUT2D eigenvalue weighted by molar-refractivity contribution is 5.78. The molecule has 172 valence electrons. The van der Waals surface area contributed by atoms with Crippen LogP contribution in [0.2, 0.25) is 0 Å². The summed E-state index contributed by atoms with van der Waals surface area (Å²) in [6, 6.07) is 5.16. The van der Waals surface area contributed by atoms with Crippen molar-refractivity contribution in [3.05, 3.63) is 23.8 Å². The zero-order valence-electron chi connectivity index (χ0n) is 18.9. The van der Waals surface area contributed by atoms with Crippen molar-refractivity contribution in [2.75, 3.05) is 13.7 Å². The minimum atomic E-state index is -2.91. The van der Waals surface area contributed by atoms with E-state index in [1.165, 1.54) is 13.2 Å². The van der Waals surface area contributed by atoms with Crippen molar-refractivity contribution in [2.45, 2.75) is 65.7 Å². The van der Waals surface area contributed by atoms with Gasteiger partial charge in [-0.2, -0.15) is 8.78 Å². The summed E-state index contributed by atoms with van der Waals surface area (Å²) in [5, 5.41) is 3.39. The summed E-state index contributed by atoms with van der Waals surface area (Å²) in [4.78, 5) is 12.7. The molecule has 0 radical (unpaired) electrons. The molecule has 3 fully saturated rings. The molecule has 31 heavy (non-hydrogen) atoms. The number of amides is 1. The molecule has 5 atom stereocenters. The molecule has 1 aromatic carbocycles. The number of carbonyl (C=O) groups excluding carboxylic acids is 1. The van der Waals surface area contributed by atoms with Gasteiger partial charge in [0.1, 0.15) is 0 Å². The summed E-state index contributed by atoms with van der Waals surface area (Å²) >= 11 is 0. The van der Waals surface area contributed by atoms with E-state index in [0.717, 1.165) is 24.8 Å². The van der Waals surface area contributed by atoms with Crippen LogP contribution >= 0.6 is 0 Å². The number of halogens is 2. The molecular weight excluding hydrogens is 404 g/mol. The number of methoxy groups -OCH3 is 1. The van der Waals surface area contributed by atoms with Crippen LogP contribution in [-0.2, 0) is 9.53 Å². The maximum atomic E-state index is 12.7. The van der Waals surface area contributed by atoms with Crippen molar-refractivity contribution >= 4 is 5.91 Å². The molecule has 1 heterocycles. The Morgan fingerprint density at radius 2 is 2.00 bits per heavy atom. The van der Waals surface area contributed by atoms with Gasteiger partial charge in [-0.05, 0) is 59.6 Å². The van der Waals surface area contributed by atoms with Gasteiger partial charge in [-0.1, -0.05) is 33.8 Å². The first-order valence-electron chi connectivity index (χ1n) is 11.1. The molecule has 0 unspecified atom stereocenters. The average Bonchev–Trinajstić information content (AvgIpc) is 3.20. The second-order valence-corrected chi connectivity index (χ2v) is 10.2. The summed E-state index contributed by atoms with van der Waals surface area (Å²) in [7, 11) is 1.44. The van der Waals surface area contributed by atoms with E-state index in [-0.39, 0.29) is 52.2 Å². The van der Waals surface area contributed by atoms with Gasteiger partial charge < -0.3 is 19.5 Å². The summed E-state index contributed by atoms with van der Waals surface area (Å²) in [6.07, 6.45) is 2.87. The second-order valence-electron chi connectivity index (χ2n) is 10.2. The topological polar surface area (TPSA) is 56.8 Å². The Labute approximate surface area is 182 Å². The molecule has 2 saturated carbocycles. The number of hydrogen-bond acceptors (Lipinski definition) is 4. The van der Waals surface area contributed by atoms with Crippen LogP contribution in [0, 0.1) is 28.6 Å². The van der Waals surface area contributed by atoms with Gasteiger partial charge in [0.15, 0.2) is 11.5 Å². The first-order valence-corrected chi connectivity index (χ1v) is 11.1. The van der Waals surface area contributed by atoms with E-state index in [0.29, 0.717) is 12.5 Å². The number of benzene rings is 1. The summed E-state index contributed by atoms with van der Waals surface area (Å²) in [5.74, 6) is 1.08. The van der Waals surface area contributed by atoms with Crippen LogP contribution in [0.3, 0.4) is 0 Å². The van der Waals surface area contributed by atoms with Crippen molar-refractivity contribution < 1.29 is 27.8 Å². The third kappa shape index (κ3) is 3.59. The van der Waals surface area contributed by atoms with Gasteiger partial charge in [-0.15, -0.1) is 0 Å². The van der Waals surface area contributed by atoms with Crippen molar-refractivity contribution in [3.8, 4) is 11.5 Å². The van der Waals surface area contributed by atoms with Gasteiger partial charge >= 0.3 is 6.61 Å². The fraction of sp³-hybridized carbons (Fsp3) is 0.708. The van der Waals surface area contributed by atoms with E-state index in [1.54, 1.807) is 12.1 Å². The molecule has 2 aliphatic carbocycles. The van der Waals surface area contributed by atoms with Crippen molar-refractivity contribution in [1.29, 1.82) is 0 Å². The van der Waals surface area contributed by atoms with Crippen LogP contribution in [0.25, 0.3) is 0 Å². The standard InChI is InChI=1S/C24H33F2NO4/c1-13(2)20(28)27-21-23(3,4)15-11-16-19(30-9-8-24(16,21)12-15)14-6-7-17(31-22(25)26)18(10-14)29-5/h6-7,10,13,15-16,19,21-22H,8-9,11-12H2,1-5H3,(H,27,28)/t15-,16-,19-,21+,24-/m1/s1. The lowest BCUT2D eigenvalue weighted by Gasteiger charge is -2.53. The summed E-state index contributed by atoms with van der Waals surface area (Å²) in [5.41, 5.74) is 0.907. The van der Waals surface area contributed by atoms with Gasteiger partial charge in [0.25, 0.3) is 0 Å². The van der Waals surface area contributed by atoms with Crippen LogP contribution in [-0.4, -0.2) is 32.3 Å². The van der Waals surface area contributed by atoms with Gasteiger partial charge in [-0.3, -0.25) is 4.79 Å². The molecule has 1 amide bonds. The molecule has 1 aliphatic heterocycles. The first-order chi connectivity index (χ1) is 14.6. The van der Waals surface area contributed by atoms with Gasteiger partial charge in [0.05, 0.1) is 13.2 Å². The predicted octanol–water partition coefficient (Wildman–Crippen LogP) is 4.95. The average molecular weight is 438 g/mol. The van der Waals surface area contributed by atoms with E-state index < -0.39 is 6.61 Å². The lowest BCUT2D eigenvalue weighted by Crippen LogP contribution is -2.59. The highest BCUT2D eigenvalue weighted by Crippen LogP contribution is 2.70. The van der Waals surface area contributed by atoms with Gasteiger partial charge in [0.2, 0.25) is 5.91 Å². The molecule has 3 aliphatic rings. The molecule has 5 nitrogen and oxygen atoms in total. The molecule has 4 rings (SSSR count). The molecule has 1 spiro atoms. The molecule has 0 aromatic heterocycles. The van der Waals surface area contributed by atoms with Crippen molar-refractivity contribution in [3.63, 3.8) is 0 Å². The lowest BCUT2D eigenvalue weighted by atomic mass is 9.58. The van der Waals surface area contributed by atoms with E-state index in [9.17, 15) is 13.6 Å². The van der Waals surface area contributed by atoms with E-state index in [4.69, 9.17) is 9.47 Å². The summed E-state index contributed by atoms with van der Waals surface area (Å²) in [6.45, 7) is 6.09. The SMILES string of the molecule is COc1cc([C@H]2OCC[C@@]34C[C@@H](C[C@H]23)C(C)(C)[C@@H]4NC(=O)C(C)C)ccc1OC(F)F. The number of hydrogen-bond donors (Lipinski definition) is 1. The quantitative estimate of drug-likeness (QED) is 0.684. The number of ether oxygens (including phenoxy) is 3. The highest BCUT2D eigenvalue weighted by Gasteiger charge is 2.68. The zero-order valence-corrected chi connectivity index (χ0v) is 18.9. The fourth-order valence-corrected chi connectivity index (χ4v) is 6.48. The normalized spacial score (nSPS) is 33.5. The lowest BCUT2D eigenvalue weighted by molar-refractivity contribution is -0.139. The Kier molecular flexibility index (Phi) is 5.69. The van der Waals surface area contributed by atoms with Crippen molar-refractivity contribution in [2.24, 2.45) is 28.6 Å². The first kappa shape index (κ1) is 22.3. The largest absolute Gasteiger partial charge is 0.493 e. The Balaban J connectivity index is 1.66. The van der Waals surface area contributed by atoms with E-state index in [1.807, 2.05) is 13.8 Å².